The summed E-state index contributed by atoms with van der Waals surface area (Å²) >= 11 is 0. The number of esters is 1. The smallest absolute Gasteiger partial charge is 0.325 e. The van der Waals surface area contributed by atoms with Gasteiger partial charge in [0.25, 0.3) is 5.91 Å². The largest absolute Gasteiger partial charge is 0.468 e. The normalized spacial score (nSPS) is 12.6. The van der Waals surface area contributed by atoms with E-state index in [0.29, 0.717) is 11.8 Å². The summed E-state index contributed by atoms with van der Waals surface area (Å²) in [6.07, 6.45) is -1.72. The van der Waals surface area contributed by atoms with Crippen LogP contribution in [0.2, 0.25) is 0 Å². The van der Waals surface area contributed by atoms with E-state index in [1.54, 1.807) is 30.3 Å². The van der Waals surface area contributed by atoms with Gasteiger partial charge in [-0.25, -0.2) is 8.78 Å². The molecule has 160 valence electrons. The summed E-state index contributed by atoms with van der Waals surface area (Å²) in [7, 11) is 1.17. The minimum absolute atomic E-state index is 0.0660. The summed E-state index contributed by atoms with van der Waals surface area (Å²) in [5, 5.41) is 12.4. The van der Waals surface area contributed by atoms with Gasteiger partial charge in [0.15, 0.2) is 0 Å². The topological polar surface area (TPSA) is 95.9 Å². The van der Waals surface area contributed by atoms with E-state index in [-0.39, 0.29) is 5.56 Å². The second-order valence-electron chi connectivity index (χ2n) is 6.58. The van der Waals surface area contributed by atoms with Gasteiger partial charge in [0, 0.05) is 11.8 Å². The molecule has 0 aliphatic heterocycles. The number of para-hydroxylation sites is 1. The molecule has 2 rings (SSSR count). The lowest BCUT2D eigenvalue weighted by atomic mass is 10.1. The molecule has 30 heavy (non-hydrogen) atoms. The summed E-state index contributed by atoms with van der Waals surface area (Å²) in [4.78, 5) is 38.3. The van der Waals surface area contributed by atoms with E-state index >= 15 is 0 Å². The maximum absolute atomic E-state index is 13.3. The van der Waals surface area contributed by atoms with Crippen LogP contribution in [-0.2, 0) is 25.5 Å². The van der Waals surface area contributed by atoms with E-state index in [2.05, 4.69) is 10.1 Å². The number of benzene rings is 2. The van der Waals surface area contributed by atoms with Gasteiger partial charge in [0.05, 0.1) is 19.6 Å². The maximum Gasteiger partial charge on any atom is 0.325 e. The second-order valence-corrected chi connectivity index (χ2v) is 6.58. The Morgan fingerprint density at radius 3 is 2.23 bits per heavy atom. The van der Waals surface area contributed by atoms with Gasteiger partial charge in [-0.3, -0.25) is 19.3 Å². The van der Waals surface area contributed by atoms with Crippen LogP contribution < -0.4 is 10.2 Å². The number of carbonyl (C=O) groups excluding carboxylic acids is 3. The number of rotatable bonds is 8. The Bertz CT molecular complexity index is 885. The molecule has 0 aromatic heterocycles. The Balaban J connectivity index is 2.22. The molecular weight excluding hydrogens is 398 g/mol. The first-order chi connectivity index (χ1) is 14.2. The molecule has 2 amide bonds. The van der Waals surface area contributed by atoms with E-state index < -0.39 is 54.5 Å². The molecule has 0 saturated heterocycles. The highest BCUT2D eigenvalue weighted by molar-refractivity contribution is 6.02. The van der Waals surface area contributed by atoms with E-state index in [9.17, 15) is 28.3 Å². The third-order valence-electron chi connectivity index (χ3n) is 4.20. The molecule has 9 heteroatoms. The minimum atomic E-state index is -1.40. The Labute approximate surface area is 172 Å². The molecule has 2 N–H and O–H groups in total. The quantitative estimate of drug-likeness (QED) is 0.633. The molecule has 0 unspecified atom stereocenters. The molecule has 7 nitrogen and oxygen atoms in total. The van der Waals surface area contributed by atoms with Gasteiger partial charge < -0.3 is 15.2 Å². The third kappa shape index (κ3) is 6.35. The fraction of sp³-hybridized carbons (Fsp3) is 0.286. The number of amides is 2. The number of methoxy groups -OCH3 is 1. The zero-order chi connectivity index (χ0) is 22.3. The highest BCUT2D eigenvalue weighted by Crippen LogP contribution is 2.16. The number of ether oxygens (including phenoxy) is 1. The molecule has 0 aliphatic rings. The molecule has 0 heterocycles. The standard InChI is InChI=1S/C21H22F2N2O5/c1-13(26)20(24-18(27)10-14-8-15(22)11-16(23)9-14)21(29)25(12-19(28)30-2)17-6-4-3-5-7-17/h3-9,11,13,20,26H,10,12H2,1-2H3,(H,24,27)/t13-,20+/m1/s1. The van der Waals surface area contributed by atoms with Crippen molar-refractivity contribution in [1.82, 2.24) is 5.32 Å². The van der Waals surface area contributed by atoms with Gasteiger partial charge in [-0.2, -0.15) is 0 Å². The van der Waals surface area contributed by atoms with Crippen molar-refractivity contribution in [1.29, 1.82) is 0 Å². The number of aliphatic hydroxyl groups is 1. The lowest BCUT2D eigenvalue weighted by molar-refractivity contribution is -0.140. The lowest BCUT2D eigenvalue weighted by Gasteiger charge is -2.28. The number of nitrogens with one attached hydrogen (secondary N) is 1. The first kappa shape index (κ1) is 23.0. The molecule has 0 aliphatic carbocycles. The van der Waals surface area contributed by atoms with Crippen molar-refractivity contribution in [3.8, 4) is 0 Å². The number of nitrogens with zero attached hydrogens (tertiary/aromatic N) is 1. The van der Waals surface area contributed by atoms with Crippen LogP contribution in [0.15, 0.2) is 48.5 Å². The first-order valence-electron chi connectivity index (χ1n) is 9.07. The van der Waals surface area contributed by atoms with Crippen molar-refractivity contribution in [3.63, 3.8) is 0 Å². The van der Waals surface area contributed by atoms with Gasteiger partial charge >= 0.3 is 5.97 Å². The van der Waals surface area contributed by atoms with Crippen molar-refractivity contribution in [2.24, 2.45) is 0 Å². The van der Waals surface area contributed by atoms with Crippen LogP contribution in [0.25, 0.3) is 0 Å². The molecule has 0 saturated carbocycles. The lowest BCUT2D eigenvalue weighted by Crippen LogP contribution is -2.55. The SMILES string of the molecule is COC(=O)CN(C(=O)[C@@H](NC(=O)Cc1cc(F)cc(F)c1)[C@@H](C)O)c1ccccc1. The number of aliphatic hydroxyl groups excluding tert-OH is 1. The van der Waals surface area contributed by atoms with Crippen LogP contribution in [0.4, 0.5) is 14.5 Å². The zero-order valence-electron chi connectivity index (χ0n) is 16.5. The van der Waals surface area contributed by atoms with Crippen LogP contribution in [0.5, 0.6) is 0 Å². The van der Waals surface area contributed by atoms with Gasteiger partial charge in [-0.1, -0.05) is 18.2 Å². The number of hydrogen-bond acceptors (Lipinski definition) is 5. The van der Waals surface area contributed by atoms with Gasteiger partial charge in [0.1, 0.15) is 24.2 Å². The van der Waals surface area contributed by atoms with E-state index in [1.807, 2.05) is 0 Å². The zero-order valence-corrected chi connectivity index (χ0v) is 16.5. The summed E-state index contributed by atoms with van der Waals surface area (Å²) in [5.74, 6) is -3.85. The molecule has 2 aromatic rings. The summed E-state index contributed by atoms with van der Waals surface area (Å²) in [6.45, 7) is 0.861. The van der Waals surface area contributed by atoms with Crippen molar-refractivity contribution < 1.29 is 33.0 Å². The second kappa shape index (κ2) is 10.4. The Kier molecular flexibility index (Phi) is 7.99. The number of anilines is 1. The van der Waals surface area contributed by atoms with Crippen LogP contribution in [0.1, 0.15) is 12.5 Å². The average molecular weight is 420 g/mol. The molecule has 0 radical (unpaired) electrons. The number of hydrogen-bond donors (Lipinski definition) is 2. The highest BCUT2D eigenvalue weighted by atomic mass is 19.1. The van der Waals surface area contributed by atoms with Crippen LogP contribution in [0.3, 0.4) is 0 Å². The molecule has 2 aromatic carbocycles. The Morgan fingerprint density at radius 2 is 1.70 bits per heavy atom. The fourth-order valence-corrected chi connectivity index (χ4v) is 2.78. The van der Waals surface area contributed by atoms with Gasteiger partial charge in [0.2, 0.25) is 5.91 Å². The van der Waals surface area contributed by atoms with E-state index in [1.165, 1.54) is 14.0 Å². The molecule has 0 fully saturated rings. The fourth-order valence-electron chi connectivity index (χ4n) is 2.78. The minimum Gasteiger partial charge on any atom is -0.468 e. The summed E-state index contributed by atoms with van der Waals surface area (Å²) < 4.78 is 31.3. The Morgan fingerprint density at radius 1 is 1.10 bits per heavy atom. The number of halogens is 2. The van der Waals surface area contributed by atoms with Crippen molar-refractivity contribution >= 4 is 23.5 Å². The number of carbonyl (C=O) groups is 3. The van der Waals surface area contributed by atoms with Gasteiger partial charge in [-0.15, -0.1) is 0 Å². The predicted molar refractivity (Wildman–Crippen MR) is 104 cm³/mol. The molecule has 0 bridgehead atoms. The predicted octanol–water partition coefficient (Wildman–Crippen LogP) is 1.58. The maximum atomic E-state index is 13.3. The van der Waals surface area contributed by atoms with E-state index in [4.69, 9.17) is 0 Å². The third-order valence-corrected chi connectivity index (χ3v) is 4.20. The average Bonchev–Trinajstić information content (AvgIpc) is 2.69. The molecule has 2 atom stereocenters. The van der Waals surface area contributed by atoms with E-state index in [0.717, 1.165) is 17.0 Å². The summed E-state index contributed by atoms with van der Waals surface area (Å²) in [5.41, 5.74) is 0.427. The highest BCUT2D eigenvalue weighted by Gasteiger charge is 2.32. The van der Waals surface area contributed by atoms with Gasteiger partial charge in [-0.05, 0) is 36.8 Å². The van der Waals surface area contributed by atoms with Crippen LogP contribution in [0, 0.1) is 11.6 Å². The Hall–Kier alpha value is -3.33. The first-order valence-corrected chi connectivity index (χ1v) is 9.07. The monoisotopic (exact) mass is 420 g/mol. The molecule has 0 spiro atoms. The van der Waals surface area contributed by atoms with Crippen molar-refractivity contribution in [2.75, 3.05) is 18.6 Å². The summed E-state index contributed by atoms with van der Waals surface area (Å²) in [6, 6.07) is 9.45. The van der Waals surface area contributed by atoms with Crippen LogP contribution in [-0.4, -0.2) is 48.7 Å². The van der Waals surface area contributed by atoms with Crippen LogP contribution >= 0.6 is 0 Å². The van der Waals surface area contributed by atoms with Crippen molar-refractivity contribution in [3.05, 3.63) is 65.7 Å². The van der Waals surface area contributed by atoms with Crippen molar-refractivity contribution in [2.45, 2.75) is 25.5 Å². The molecular formula is C21H22F2N2O5.